The summed E-state index contributed by atoms with van der Waals surface area (Å²) in [5.41, 5.74) is 5.00. The third-order valence-corrected chi connectivity index (χ3v) is 6.11. The van der Waals surface area contributed by atoms with E-state index >= 15 is 0 Å². The standard InChI is InChI=1S/C25H29N5/c1-3-23(29-15-13-28(2)14-16-29)18-30-19-27-24(21-7-5-4-6-8-21)25(30)22-11-9-20(17-26)10-12-22/h4-12,19,23H,3,13-16,18H2,1-2H3. The van der Waals surface area contributed by atoms with Crippen LogP contribution in [0.25, 0.3) is 22.5 Å². The molecule has 1 aliphatic heterocycles. The molecule has 0 saturated carbocycles. The summed E-state index contributed by atoms with van der Waals surface area (Å²) in [6.45, 7) is 7.66. The van der Waals surface area contributed by atoms with E-state index in [1.807, 2.05) is 36.7 Å². The van der Waals surface area contributed by atoms with Crippen LogP contribution in [0.15, 0.2) is 60.9 Å². The molecule has 0 radical (unpaired) electrons. The van der Waals surface area contributed by atoms with Gasteiger partial charge in [-0.25, -0.2) is 4.98 Å². The van der Waals surface area contributed by atoms with Crippen LogP contribution in [0.5, 0.6) is 0 Å². The number of hydrogen-bond donors (Lipinski definition) is 0. The fourth-order valence-corrected chi connectivity index (χ4v) is 4.25. The molecule has 1 aromatic heterocycles. The Morgan fingerprint density at radius 1 is 0.967 bits per heavy atom. The van der Waals surface area contributed by atoms with E-state index in [0.717, 1.165) is 61.7 Å². The Hall–Kier alpha value is -2.94. The van der Waals surface area contributed by atoms with E-state index in [-0.39, 0.29) is 0 Å². The predicted molar refractivity (Wildman–Crippen MR) is 121 cm³/mol. The number of nitrogens with zero attached hydrogens (tertiary/aromatic N) is 5. The first kappa shape index (κ1) is 20.3. The van der Waals surface area contributed by atoms with Gasteiger partial charge in [-0.1, -0.05) is 49.4 Å². The van der Waals surface area contributed by atoms with Crippen molar-refractivity contribution in [2.24, 2.45) is 0 Å². The van der Waals surface area contributed by atoms with Crippen LogP contribution in [0.3, 0.4) is 0 Å². The third-order valence-electron chi connectivity index (χ3n) is 6.11. The van der Waals surface area contributed by atoms with E-state index in [9.17, 15) is 5.26 Å². The van der Waals surface area contributed by atoms with Gasteiger partial charge < -0.3 is 9.47 Å². The smallest absolute Gasteiger partial charge is 0.0991 e. The van der Waals surface area contributed by atoms with Gasteiger partial charge in [-0.3, -0.25) is 4.90 Å². The molecule has 0 aliphatic carbocycles. The summed E-state index contributed by atoms with van der Waals surface area (Å²) in [5.74, 6) is 0. The summed E-state index contributed by atoms with van der Waals surface area (Å²) >= 11 is 0. The summed E-state index contributed by atoms with van der Waals surface area (Å²) in [4.78, 5) is 9.84. The van der Waals surface area contributed by atoms with Gasteiger partial charge in [0.2, 0.25) is 0 Å². The molecular weight excluding hydrogens is 370 g/mol. The van der Waals surface area contributed by atoms with Crippen molar-refractivity contribution >= 4 is 0 Å². The Labute approximate surface area is 179 Å². The lowest BCUT2D eigenvalue weighted by molar-refractivity contribution is 0.100. The number of imidazole rings is 1. The molecule has 154 valence electrons. The van der Waals surface area contributed by atoms with E-state index in [2.05, 4.69) is 58.7 Å². The Bertz CT molecular complexity index is 992. The minimum absolute atomic E-state index is 0.480. The summed E-state index contributed by atoms with van der Waals surface area (Å²) in [7, 11) is 2.20. The molecule has 4 rings (SSSR count). The highest BCUT2D eigenvalue weighted by atomic mass is 15.3. The molecule has 5 nitrogen and oxygen atoms in total. The van der Waals surface area contributed by atoms with Gasteiger partial charge in [-0.05, 0) is 25.6 Å². The number of likely N-dealkylation sites (N-methyl/N-ethyl adjacent to an activating group) is 1. The van der Waals surface area contributed by atoms with Crippen LogP contribution in [0.2, 0.25) is 0 Å². The normalized spacial score (nSPS) is 16.3. The maximum atomic E-state index is 9.18. The second-order valence-corrected chi connectivity index (χ2v) is 8.05. The van der Waals surface area contributed by atoms with Crippen LogP contribution in [0.1, 0.15) is 18.9 Å². The van der Waals surface area contributed by atoms with Crippen LogP contribution in [-0.4, -0.2) is 58.6 Å². The fourth-order valence-electron chi connectivity index (χ4n) is 4.25. The summed E-state index contributed by atoms with van der Waals surface area (Å²) in [6, 6.07) is 20.9. The van der Waals surface area contributed by atoms with Gasteiger partial charge in [0.15, 0.2) is 0 Å². The average molecular weight is 400 g/mol. The largest absolute Gasteiger partial charge is 0.328 e. The van der Waals surface area contributed by atoms with Crippen molar-refractivity contribution < 1.29 is 0 Å². The average Bonchev–Trinajstić information content (AvgIpc) is 3.22. The Morgan fingerprint density at radius 2 is 1.67 bits per heavy atom. The molecule has 1 unspecified atom stereocenters. The van der Waals surface area contributed by atoms with Crippen molar-refractivity contribution in [1.82, 2.24) is 19.4 Å². The number of piperazine rings is 1. The number of aromatic nitrogens is 2. The van der Waals surface area contributed by atoms with Crippen LogP contribution in [0.4, 0.5) is 0 Å². The van der Waals surface area contributed by atoms with Crippen molar-refractivity contribution in [2.45, 2.75) is 25.9 Å². The molecule has 0 N–H and O–H groups in total. The molecule has 1 fully saturated rings. The van der Waals surface area contributed by atoms with Crippen molar-refractivity contribution in [3.63, 3.8) is 0 Å². The SMILES string of the molecule is CCC(Cn1cnc(-c2ccccc2)c1-c1ccc(C#N)cc1)N1CCN(C)CC1. The van der Waals surface area contributed by atoms with Crippen molar-refractivity contribution in [3.8, 4) is 28.6 Å². The first-order chi connectivity index (χ1) is 14.7. The van der Waals surface area contributed by atoms with E-state index < -0.39 is 0 Å². The molecule has 1 saturated heterocycles. The van der Waals surface area contributed by atoms with Gasteiger partial charge in [0, 0.05) is 49.9 Å². The summed E-state index contributed by atoms with van der Waals surface area (Å²) in [5, 5.41) is 9.18. The second kappa shape index (κ2) is 9.25. The highest BCUT2D eigenvalue weighted by Crippen LogP contribution is 2.32. The summed E-state index contributed by atoms with van der Waals surface area (Å²) in [6.07, 6.45) is 3.09. The molecule has 3 aromatic rings. The molecule has 1 aliphatic rings. The van der Waals surface area contributed by atoms with Crippen LogP contribution >= 0.6 is 0 Å². The fraction of sp³-hybridized carbons (Fsp3) is 0.360. The molecule has 2 aromatic carbocycles. The lowest BCUT2D eigenvalue weighted by Gasteiger charge is -2.38. The number of nitriles is 1. The van der Waals surface area contributed by atoms with Crippen LogP contribution < -0.4 is 0 Å². The third kappa shape index (κ3) is 4.30. The Balaban J connectivity index is 1.70. The summed E-state index contributed by atoms with van der Waals surface area (Å²) < 4.78 is 2.30. The lowest BCUT2D eigenvalue weighted by atomic mass is 10.0. The second-order valence-electron chi connectivity index (χ2n) is 8.05. The predicted octanol–water partition coefficient (Wildman–Crippen LogP) is 4.11. The van der Waals surface area contributed by atoms with Gasteiger partial charge in [-0.2, -0.15) is 5.26 Å². The molecule has 30 heavy (non-hydrogen) atoms. The van der Waals surface area contributed by atoms with Crippen LogP contribution in [0, 0.1) is 11.3 Å². The highest BCUT2D eigenvalue weighted by Gasteiger charge is 2.23. The molecule has 0 amide bonds. The molecule has 5 heteroatoms. The topological polar surface area (TPSA) is 48.1 Å². The van der Waals surface area contributed by atoms with Crippen molar-refractivity contribution in [3.05, 3.63) is 66.5 Å². The Kier molecular flexibility index (Phi) is 6.27. The number of benzene rings is 2. The van der Waals surface area contributed by atoms with Gasteiger partial charge in [-0.15, -0.1) is 0 Å². The monoisotopic (exact) mass is 399 g/mol. The first-order valence-electron chi connectivity index (χ1n) is 10.7. The number of rotatable bonds is 6. The van der Waals surface area contributed by atoms with Crippen molar-refractivity contribution in [1.29, 1.82) is 5.26 Å². The molecule has 2 heterocycles. The molecule has 0 bridgehead atoms. The zero-order chi connectivity index (χ0) is 20.9. The van der Waals surface area contributed by atoms with Gasteiger partial charge in [0.1, 0.15) is 0 Å². The lowest BCUT2D eigenvalue weighted by Crippen LogP contribution is -2.50. The molecule has 1 atom stereocenters. The zero-order valence-corrected chi connectivity index (χ0v) is 17.8. The minimum Gasteiger partial charge on any atom is -0.328 e. The van der Waals surface area contributed by atoms with Crippen LogP contribution in [-0.2, 0) is 6.54 Å². The molecular formula is C25H29N5. The highest BCUT2D eigenvalue weighted by molar-refractivity contribution is 5.78. The van der Waals surface area contributed by atoms with Crippen molar-refractivity contribution in [2.75, 3.05) is 33.2 Å². The van der Waals surface area contributed by atoms with E-state index in [1.165, 1.54) is 0 Å². The van der Waals surface area contributed by atoms with E-state index in [0.29, 0.717) is 11.6 Å². The van der Waals surface area contributed by atoms with Gasteiger partial charge in [0.25, 0.3) is 0 Å². The van der Waals surface area contributed by atoms with E-state index in [1.54, 1.807) is 0 Å². The first-order valence-corrected chi connectivity index (χ1v) is 10.7. The minimum atomic E-state index is 0.480. The maximum absolute atomic E-state index is 9.18. The zero-order valence-electron chi connectivity index (χ0n) is 17.8. The van der Waals surface area contributed by atoms with Gasteiger partial charge in [0.05, 0.1) is 29.3 Å². The maximum Gasteiger partial charge on any atom is 0.0991 e. The van der Waals surface area contributed by atoms with E-state index in [4.69, 9.17) is 4.98 Å². The van der Waals surface area contributed by atoms with Gasteiger partial charge >= 0.3 is 0 Å². The number of hydrogen-bond acceptors (Lipinski definition) is 4. The molecule has 0 spiro atoms. The quantitative estimate of drug-likeness (QED) is 0.626. The Morgan fingerprint density at radius 3 is 2.30 bits per heavy atom.